The molecule has 0 aliphatic rings. The van der Waals surface area contributed by atoms with Crippen LogP contribution >= 0.6 is 0 Å². The lowest BCUT2D eigenvalue weighted by Crippen LogP contribution is -2.16. The second-order valence-electron chi connectivity index (χ2n) is 4.83. The minimum absolute atomic E-state index is 0.0543. The van der Waals surface area contributed by atoms with Gasteiger partial charge in [-0.05, 0) is 50.6 Å². The summed E-state index contributed by atoms with van der Waals surface area (Å²) in [5.41, 5.74) is 7.25. The lowest BCUT2D eigenvalue weighted by Gasteiger charge is -2.13. The van der Waals surface area contributed by atoms with Crippen molar-refractivity contribution in [2.24, 2.45) is 0 Å². The highest BCUT2D eigenvalue weighted by atomic mass is 32.2. The van der Waals surface area contributed by atoms with Gasteiger partial charge in [0.1, 0.15) is 5.82 Å². The molecule has 112 valence electrons. The molecule has 3 N–H and O–H groups in total. The van der Waals surface area contributed by atoms with Crippen LogP contribution < -0.4 is 10.5 Å². The summed E-state index contributed by atoms with van der Waals surface area (Å²) in [5, 5.41) is 0. The van der Waals surface area contributed by atoms with Gasteiger partial charge in [-0.1, -0.05) is 0 Å². The molecule has 5 nitrogen and oxygen atoms in total. The number of aryl methyl sites for hydroxylation is 3. The van der Waals surface area contributed by atoms with Crippen LogP contribution in [-0.4, -0.2) is 13.4 Å². The van der Waals surface area contributed by atoms with Crippen molar-refractivity contribution < 1.29 is 12.8 Å². The molecule has 1 heterocycles. The summed E-state index contributed by atoms with van der Waals surface area (Å²) >= 11 is 0. The highest BCUT2D eigenvalue weighted by Crippen LogP contribution is 2.24. The number of rotatable bonds is 3. The smallest absolute Gasteiger partial charge is 0.262 e. The SMILES string of the molecule is Cc1ccc(NS(=O)(=O)c2cc(N)c(F)cc2C)c(C)n1. The van der Waals surface area contributed by atoms with Crippen LogP contribution in [0.1, 0.15) is 17.0 Å². The zero-order valence-corrected chi connectivity index (χ0v) is 12.8. The number of pyridine rings is 1. The van der Waals surface area contributed by atoms with Gasteiger partial charge in [-0.25, -0.2) is 12.8 Å². The van der Waals surface area contributed by atoms with Gasteiger partial charge in [0.05, 0.1) is 22.0 Å². The molecular weight excluding hydrogens is 293 g/mol. The summed E-state index contributed by atoms with van der Waals surface area (Å²) < 4.78 is 40.6. The van der Waals surface area contributed by atoms with Crippen molar-refractivity contribution in [3.63, 3.8) is 0 Å². The summed E-state index contributed by atoms with van der Waals surface area (Å²) in [7, 11) is -3.86. The molecule has 0 fully saturated rings. The normalized spacial score (nSPS) is 11.4. The number of nitrogens with one attached hydrogen (secondary N) is 1. The average molecular weight is 309 g/mol. The van der Waals surface area contributed by atoms with Crippen LogP contribution in [0.3, 0.4) is 0 Å². The predicted molar refractivity (Wildman–Crippen MR) is 80.1 cm³/mol. The Kier molecular flexibility index (Phi) is 3.87. The van der Waals surface area contributed by atoms with Gasteiger partial charge in [0.15, 0.2) is 0 Å². The maximum Gasteiger partial charge on any atom is 0.262 e. The molecule has 0 spiro atoms. The number of nitrogens with two attached hydrogens (primary N) is 1. The summed E-state index contributed by atoms with van der Waals surface area (Å²) in [6.45, 7) is 5.03. The quantitative estimate of drug-likeness (QED) is 0.853. The van der Waals surface area contributed by atoms with Crippen molar-refractivity contribution in [2.45, 2.75) is 25.7 Å². The first-order valence-electron chi connectivity index (χ1n) is 6.23. The number of hydrogen-bond acceptors (Lipinski definition) is 4. The Morgan fingerprint density at radius 3 is 2.48 bits per heavy atom. The van der Waals surface area contributed by atoms with E-state index in [1.165, 1.54) is 6.92 Å². The highest BCUT2D eigenvalue weighted by molar-refractivity contribution is 7.92. The molecule has 0 bridgehead atoms. The number of nitrogen functional groups attached to an aromatic ring is 1. The monoisotopic (exact) mass is 309 g/mol. The molecule has 0 aliphatic heterocycles. The van der Waals surface area contributed by atoms with Crippen LogP contribution in [0, 0.1) is 26.6 Å². The largest absolute Gasteiger partial charge is 0.396 e. The van der Waals surface area contributed by atoms with Crippen molar-refractivity contribution in [3.05, 3.63) is 47.0 Å². The third-order valence-corrected chi connectivity index (χ3v) is 4.56. The zero-order valence-electron chi connectivity index (χ0n) is 11.9. The first kappa shape index (κ1) is 15.2. The van der Waals surface area contributed by atoms with Crippen LogP contribution in [0.4, 0.5) is 15.8 Å². The Balaban J connectivity index is 2.46. The number of benzene rings is 1. The molecule has 0 saturated carbocycles. The van der Waals surface area contributed by atoms with E-state index in [0.29, 0.717) is 11.4 Å². The molecule has 0 aliphatic carbocycles. The molecule has 1 aromatic heterocycles. The molecular formula is C14H16FN3O2S. The number of halogens is 1. The Morgan fingerprint density at radius 2 is 1.86 bits per heavy atom. The number of aromatic nitrogens is 1. The van der Waals surface area contributed by atoms with Gasteiger partial charge in [0, 0.05) is 5.69 Å². The minimum atomic E-state index is -3.86. The molecule has 7 heteroatoms. The van der Waals surface area contributed by atoms with Gasteiger partial charge in [-0.3, -0.25) is 9.71 Å². The maximum absolute atomic E-state index is 13.3. The van der Waals surface area contributed by atoms with E-state index in [4.69, 9.17) is 5.73 Å². The van der Waals surface area contributed by atoms with E-state index >= 15 is 0 Å². The van der Waals surface area contributed by atoms with Crippen LogP contribution in [-0.2, 0) is 10.0 Å². The van der Waals surface area contributed by atoms with Crippen LogP contribution in [0.2, 0.25) is 0 Å². The fourth-order valence-corrected chi connectivity index (χ4v) is 3.33. The van der Waals surface area contributed by atoms with E-state index in [2.05, 4.69) is 9.71 Å². The molecule has 0 saturated heterocycles. The van der Waals surface area contributed by atoms with E-state index in [-0.39, 0.29) is 16.1 Å². The molecule has 0 amide bonds. The van der Waals surface area contributed by atoms with E-state index in [0.717, 1.165) is 17.8 Å². The molecule has 0 radical (unpaired) electrons. The summed E-state index contributed by atoms with van der Waals surface area (Å²) in [5.74, 6) is -0.639. The minimum Gasteiger partial charge on any atom is -0.396 e. The zero-order chi connectivity index (χ0) is 15.8. The third-order valence-electron chi connectivity index (χ3n) is 3.05. The van der Waals surface area contributed by atoms with Gasteiger partial charge in [-0.2, -0.15) is 0 Å². The number of sulfonamides is 1. The fraction of sp³-hybridized carbons (Fsp3) is 0.214. The molecule has 2 aromatic rings. The fourth-order valence-electron chi connectivity index (χ4n) is 1.95. The Morgan fingerprint density at radius 1 is 1.19 bits per heavy atom. The number of anilines is 2. The van der Waals surface area contributed by atoms with Gasteiger partial charge in [0.2, 0.25) is 0 Å². The Hall–Kier alpha value is -2.15. The van der Waals surface area contributed by atoms with Gasteiger partial charge in [-0.15, -0.1) is 0 Å². The lowest BCUT2D eigenvalue weighted by molar-refractivity contribution is 0.599. The Labute approximate surface area is 123 Å². The third kappa shape index (κ3) is 3.13. The van der Waals surface area contributed by atoms with Gasteiger partial charge >= 0.3 is 0 Å². The van der Waals surface area contributed by atoms with Crippen molar-refractivity contribution in [3.8, 4) is 0 Å². The van der Waals surface area contributed by atoms with E-state index in [1.807, 2.05) is 6.92 Å². The highest BCUT2D eigenvalue weighted by Gasteiger charge is 2.20. The van der Waals surface area contributed by atoms with Crippen LogP contribution in [0.5, 0.6) is 0 Å². The maximum atomic E-state index is 13.3. The first-order valence-corrected chi connectivity index (χ1v) is 7.71. The van der Waals surface area contributed by atoms with Gasteiger partial charge < -0.3 is 5.73 Å². The predicted octanol–water partition coefficient (Wildman–Crippen LogP) is 2.53. The molecule has 0 atom stereocenters. The molecule has 0 unspecified atom stereocenters. The van der Waals surface area contributed by atoms with E-state index in [9.17, 15) is 12.8 Å². The summed E-state index contributed by atoms with van der Waals surface area (Å²) in [6, 6.07) is 5.56. The van der Waals surface area contributed by atoms with E-state index < -0.39 is 15.8 Å². The molecule has 21 heavy (non-hydrogen) atoms. The molecule has 1 aromatic carbocycles. The van der Waals surface area contributed by atoms with Gasteiger partial charge in [0.25, 0.3) is 10.0 Å². The molecule has 2 rings (SSSR count). The van der Waals surface area contributed by atoms with Crippen molar-refractivity contribution in [1.82, 2.24) is 4.98 Å². The van der Waals surface area contributed by atoms with Crippen LogP contribution in [0.15, 0.2) is 29.2 Å². The second kappa shape index (κ2) is 5.33. The second-order valence-corrected chi connectivity index (χ2v) is 6.48. The van der Waals surface area contributed by atoms with Crippen molar-refractivity contribution in [1.29, 1.82) is 0 Å². The summed E-state index contributed by atoms with van der Waals surface area (Å²) in [6.07, 6.45) is 0. The van der Waals surface area contributed by atoms with E-state index in [1.54, 1.807) is 19.1 Å². The van der Waals surface area contributed by atoms with Crippen molar-refractivity contribution >= 4 is 21.4 Å². The lowest BCUT2D eigenvalue weighted by atomic mass is 10.2. The standard InChI is InChI=1S/C14H16FN3O2S/c1-8-6-11(15)12(16)7-14(8)21(19,20)18-13-5-4-9(2)17-10(13)3/h4-7,18H,16H2,1-3H3. The average Bonchev–Trinajstić information content (AvgIpc) is 2.37. The first-order chi connectivity index (χ1) is 9.70. The summed E-state index contributed by atoms with van der Waals surface area (Å²) in [4.78, 5) is 4.14. The number of hydrogen-bond donors (Lipinski definition) is 2. The topological polar surface area (TPSA) is 85.1 Å². The van der Waals surface area contributed by atoms with Crippen molar-refractivity contribution in [2.75, 3.05) is 10.5 Å². The Bertz CT molecular complexity index is 804. The number of nitrogens with zero attached hydrogens (tertiary/aromatic N) is 1. The van der Waals surface area contributed by atoms with Crippen LogP contribution in [0.25, 0.3) is 0 Å².